The Bertz CT molecular complexity index is 424. The minimum Gasteiger partial charge on any atom is -0.476 e. The summed E-state index contributed by atoms with van der Waals surface area (Å²) in [6, 6.07) is 0. The van der Waals surface area contributed by atoms with Crippen molar-refractivity contribution in [2.75, 3.05) is 0 Å². The monoisotopic (exact) mass is 213 g/mol. The fraction of sp³-hybridized carbons (Fsp3) is 0.250. The van der Waals surface area contributed by atoms with Gasteiger partial charge in [-0.1, -0.05) is 0 Å². The van der Waals surface area contributed by atoms with Gasteiger partial charge in [0.15, 0.2) is 5.69 Å². The Kier molecular flexibility index (Phi) is 1.96. The van der Waals surface area contributed by atoms with E-state index in [2.05, 4.69) is 4.98 Å². The van der Waals surface area contributed by atoms with Crippen LogP contribution in [0.2, 0.25) is 0 Å². The average molecular weight is 214 g/mol. The number of carboxylic acids is 1. The summed E-state index contributed by atoms with van der Waals surface area (Å²) in [5.74, 6) is -0.393. The third kappa shape index (κ3) is 1.26. The lowest BCUT2D eigenvalue weighted by atomic mass is 10.3. The van der Waals surface area contributed by atoms with E-state index in [1.54, 1.807) is 23.8 Å². The first-order valence-electron chi connectivity index (χ1n) is 4.00. The van der Waals surface area contributed by atoms with Crippen molar-refractivity contribution >= 4 is 23.8 Å². The van der Waals surface area contributed by atoms with Gasteiger partial charge in [0.05, 0.1) is 5.69 Å². The molecule has 0 amide bonds. The molecule has 2 heterocycles. The molecular formula is C8H8ClN3O2. The Balaban J connectivity index is 2.53. The van der Waals surface area contributed by atoms with Gasteiger partial charge in [-0.2, -0.15) is 0 Å². The van der Waals surface area contributed by atoms with Crippen molar-refractivity contribution in [3.8, 4) is 0 Å². The molecule has 5 nitrogen and oxygen atoms in total. The second-order valence-corrected chi connectivity index (χ2v) is 3.43. The van der Waals surface area contributed by atoms with Crippen LogP contribution in [0.4, 0.5) is 0 Å². The lowest BCUT2D eigenvalue weighted by Crippen LogP contribution is -2.17. The van der Waals surface area contributed by atoms with Crippen molar-refractivity contribution in [3.63, 3.8) is 0 Å². The lowest BCUT2D eigenvalue weighted by molar-refractivity contribution is 0.0690. The molecule has 1 aliphatic rings. The van der Waals surface area contributed by atoms with Crippen molar-refractivity contribution < 1.29 is 9.90 Å². The molecule has 0 bridgehead atoms. The van der Waals surface area contributed by atoms with Crippen LogP contribution in [0.1, 0.15) is 22.0 Å². The van der Waals surface area contributed by atoms with Gasteiger partial charge in [0, 0.05) is 18.0 Å². The quantitative estimate of drug-likeness (QED) is 0.715. The summed E-state index contributed by atoms with van der Waals surface area (Å²) in [4.78, 5) is 14.8. The molecule has 1 aromatic rings. The van der Waals surface area contributed by atoms with Crippen molar-refractivity contribution in [2.24, 2.45) is 0 Å². The van der Waals surface area contributed by atoms with Gasteiger partial charge in [0.25, 0.3) is 0 Å². The Morgan fingerprint density at radius 2 is 2.43 bits per heavy atom. The van der Waals surface area contributed by atoms with Gasteiger partial charge in [0.1, 0.15) is 12.5 Å². The van der Waals surface area contributed by atoms with E-state index < -0.39 is 5.97 Å². The molecule has 0 atom stereocenters. The van der Waals surface area contributed by atoms with Crippen LogP contribution < -0.4 is 0 Å². The molecule has 0 unspecified atom stereocenters. The zero-order valence-electron chi connectivity index (χ0n) is 7.44. The molecular weight excluding hydrogens is 206 g/mol. The molecule has 0 aromatic carbocycles. The predicted octanol–water partition coefficient (Wildman–Crippen LogP) is 1.29. The van der Waals surface area contributed by atoms with Gasteiger partial charge in [-0.15, -0.1) is 0 Å². The molecule has 0 saturated carbocycles. The summed E-state index contributed by atoms with van der Waals surface area (Å²) in [7, 11) is 0. The SMILES string of the molecule is Cc1c(C(=O)O)nc2n1CN(Cl)C=C2. The number of fused-ring (bicyclic) bond motifs is 1. The summed E-state index contributed by atoms with van der Waals surface area (Å²) >= 11 is 5.76. The zero-order chi connectivity index (χ0) is 10.3. The number of halogens is 1. The summed E-state index contributed by atoms with van der Waals surface area (Å²) in [6.07, 6.45) is 3.32. The number of hydrogen-bond donors (Lipinski definition) is 1. The highest BCUT2D eigenvalue weighted by molar-refractivity contribution is 6.14. The van der Waals surface area contributed by atoms with E-state index >= 15 is 0 Å². The smallest absolute Gasteiger partial charge is 0.356 e. The van der Waals surface area contributed by atoms with Crippen LogP contribution >= 0.6 is 11.8 Å². The molecule has 0 spiro atoms. The molecule has 1 N–H and O–H groups in total. The zero-order valence-corrected chi connectivity index (χ0v) is 8.19. The Morgan fingerprint density at radius 3 is 3.07 bits per heavy atom. The normalized spacial score (nSPS) is 14.3. The molecule has 74 valence electrons. The third-order valence-corrected chi connectivity index (χ3v) is 2.33. The van der Waals surface area contributed by atoms with Gasteiger partial charge in [-0.3, -0.25) is 4.42 Å². The van der Waals surface area contributed by atoms with Gasteiger partial charge >= 0.3 is 5.97 Å². The Hall–Kier alpha value is -1.49. The summed E-state index contributed by atoms with van der Waals surface area (Å²) in [5.41, 5.74) is 0.694. The number of carboxylic acid groups (broad SMARTS) is 1. The molecule has 0 fully saturated rings. The lowest BCUT2D eigenvalue weighted by Gasteiger charge is -2.18. The molecule has 1 aliphatic heterocycles. The summed E-state index contributed by atoms with van der Waals surface area (Å²) < 4.78 is 3.18. The predicted molar refractivity (Wildman–Crippen MR) is 50.6 cm³/mol. The number of aromatic carboxylic acids is 1. The van der Waals surface area contributed by atoms with E-state index in [0.717, 1.165) is 0 Å². The number of hydrogen-bond acceptors (Lipinski definition) is 3. The van der Waals surface area contributed by atoms with E-state index in [0.29, 0.717) is 18.2 Å². The van der Waals surface area contributed by atoms with Gasteiger partial charge in [-0.25, -0.2) is 9.78 Å². The van der Waals surface area contributed by atoms with Crippen LogP contribution in [0.15, 0.2) is 6.20 Å². The second-order valence-electron chi connectivity index (χ2n) is 2.99. The fourth-order valence-electron chi connectivity index (χ4n) is 1.39. The topological polar surface area (TPSA) is 58.4 Å². The maximum Gasteiger partial charge on any atom is 0.356 e. The summed E-state index contributed by atoms with van der Waals surface area (Å²) in [5, 5.41) is 8.83. The maximum absolute atomic E-state index is 10.8. The molecule has 14 heavy (non-hydrogen) atoms. The van der Waals surface area contributed by atoms with Crippen LogP contribution in [-0.2, 0) is 6.67 Å². The van der Waals surface area contributed by atoms with Crippen LogP contribution in [0.25, 0.3) is 6.08 Å². The number of imidazole rings is 1. The standard InChI is InChI=1S/C8H8ClN3O2/c1-5-7(8(13)14)10-6-2-3-11(9)4-12(5)6/h2-3H,4H2,1H3,(H,13,14). The highest BCUT2D eigenvalue weighted by atomic mass is 35.5. The highest BCUT2D eigenvalue weighted by Crippen LogP contribution is 2.18. The van der Waals surface area contributed by atoms with Gasteiger partial charge in [-0.05, 0) is 13.0 Å². The van der Waals surface area contributed by atoms with Crippen molar-refractivity contribution in [1.29, 1.82) is 0 Å². The molecule has 1 aromatic heterocycles. The third-order valence-electron chi connectivity index (χ3n) is 2.11. The number of rotatable bonds is 1. The first-order chi connectivity index (χ1) is 6.59. The van der Waals surface area contributed by atoms with E-state index in [9.17, 15) is 4.79 Å². The van der Waals surface area contributed by atoms with Gasteiger partial charge in [0.2, 0.25) is 0 Å². The molecule has 0 aliphatic carbocycles. The number of aromatic nitrogens is 2. The largest absolute Gasteiger partial charge is 0.476 e. The van der Waals surface area contributed by atoms with E-state index in [1.807, 2.05) is 0 Å². The van der Waals surface area contributed by atoms with Crippen LogP contribution in [0, 0.1) is 6.92 Å². The summed E-state index contributed by atoms with van der Waals surface area (Å²) in [6.45, 7) is 2.13. The first kappa shape index (κ1) is 9.08. The second kappa shape index (κ2) is 3.02. The van der Waals surface area contributed by atoms with Crippen LogP contribution in [0.5, 0.6) is 0 Å². The Labute approximate surface area is 85.3 Å². The number of nitrogens with zero attached hydrogens (tertiary/aromatic N) is 3. The minimum atomic E-state index is -1.01. The fourth-order valence-corrected chi connectivity index (χ4v) is 1.56. The number of carbonyl (C=O) groups is 1. The minimum absolute atomic E-state index is 0.0802. The van der Waals surface area contributed by atoms with Crippen LogP contribution in [0.3, 0.4) is 0 Å². The average Bonchev–Trinajstić information content (AvgIpc) is 2.44. The van der Waals surface area contributed by atoms with Crippen molar-refractivity contribution in [1.82, 2.24) is 14.0 Å². The molecule has 6 heteroatoms. The van der Waals surface area contributed by atoms with Gasteiger partial charge < -0.3 is 9.67 Å². The first-order valence-corrected chi connectivity index (χ1v) is 4.34. The molecule has 2 rings (SSSR count). The highest BCUT2D eigenvalue weighted by Gasteiger charge is 2.20. The van der Waals surface area contributed by atoms with Crippen LogP contribution in [-0.4, -0.2) is 25.0 Å². The maximum atomic E-state index is 10.8. The van der Waals surface area contributed by atoms with Crippen molar-refractivity contribution in [3.05, 3.63) is 23.4 Å². The van der Waals surface area contributed by atoms with Crippen molar-refractivity contribution in [2.45, 2.75) is 13.6 Å². The molecule has 0 saturated heterocycles. The Morgan fingerprint density at radius 1 is 1.71 bits per heavy atom. The van der Waals surface area contributed by atoms with E-state index in [4.69, 9.17) is 16.9 Å². The van der Waals surface area contributed by atoms with E-state index in [1.165, 1.54) is 4.42 Å². The van der Waals surface area contributed by atoms with E-state index in [-0.39, 0.29) is 5.69 Å². The molecule has 0 radical (unpaired) electrons.